The predicted molar refractivity (Wildman–Crippen MR) is 87.7 cm³/mol. The number of benzene rings is 1. The summed E-state index contributed by atoms with van der Waals surface area (Å²) in [6.07, 6.45) is -3.10. The van der Waals surface area contributed by atoms with Crippen molar-refractivity contribution in [1.82, 2.24) is 9.97 Å². The van der Waals surface area contributed by atoms with Crippen LogP contribution in [-0.4, -0.2) is 28.8 Å². The van der Waals surface area contributed by atoms with Gasteiger partial charge in [0.25, 0.3) is 0 Å². The number of rotatable bonds is 5. The van der Waals surface area contributed by atoms with Crippen molar-refractivity contribution in [3.05, 3.63) is 51.3 Å². The molecule has 0 atom stereocenters. The molecule has 0 saturated carbocycles. The first kappa shape index (κ1) is 19.9. The lowest BCUT2D eigenvalue weighted by atomic mass is 10.2. The first-order valence-corrected chi connectivity index (χ1v) is 7.74. The molecule has 0 radical (unpaired) electrons. The lowest BCUT2D eigenvalue weighted by Gasteiger charge is -2.10. The fourth-order valence-corrected chi connectivity index (χ4v) is 2.18. The summed E-state index contributed by atoms with van der Waals surface area (Å²) in [5, 5.41) is 4.14. The van der Waals surface area contributed by atoms with E-state index in [-0.39, 0.29) is 11.6 Å². The van der Waals surface area contributed by atoms with Crippen LogP contribution in [0.3, 0.4) is 0 Å². The average Bonchev–Trinajstić information content (AvgIpc) is 2.56. The summed E-state index contributed by atoms with van der Waals surface area (Å²) in [5.41, 5.74) is -1.90. The fourth-order valence-electron chi connectivity index (χ4n) is 1.72. The Kier molecular flexibility index (Phi) is 6.38. The zero-order valence-electron chi connectivity index (χ0n) is 13.1. The van der Waals surface area contributed by atoms with Crippen LogP contribution in [0.1, 0.15) is 28.5 Å². The van der Waals surface area contributed by atoms with Crippen LogP contribution in [0.5, 0.6) is 6.01 Å². The van der Waals surface area contributed by atoms with Crippen LogP contribution in [-0.2, 0) is 10.9 Å². The van der Waals surface area contributed by atoms with E-state index in [1.165, 1.54) is 19.1 Å². The number of aromatic nitrogens is 2. The number of oxime groups is 1. The highest BCUT2D eigenvalue weighted by molar-refractivity contribution is 6.36. The minimum Gasteiger partial charge on any atom is -0.462 e. The molecule has 26 heavy (non-hydrogen) atoms. The zero-order chi connectivity index (χ0) is 19.3. The number of nitrogens with zero attached hydrogens (tertiary/aromatic N) is 3. The molecule has 0 aliphatic heterocycles. The van der Waals surface area contributed by atoms with Crippen LogP contribution < -0.4 is 4.84 Å². The van der Waals surface area contributed by atoms with Crippen molar-refractivity contribution < 1.29 is 27.5 Å². The molecule has 0 saturated heterocycles. The van der Waals surface area contributed by atoms with Gasteiger partial charge in [-0.1, -0.05) is 34.4 Å². The number of esters is 1. The topological polar surface area (TPSA) is 73.7 Å². The maximum absolute atomic E-state index is 13.1. The van der Waals surface area contributed by atoms with Gasteiger partial charge in [-0.2, -0.15) is 18.2 Å². The molecule has 0 bridgehead atoms. The van der Waals surface area contributed by atoms with Gasteiger partial charge >= 0.3 is 18.2 Å². The third-order valence-electron chi connectivity index (χ3n) is 2.82. The van der Waals surface area contributed by atoms with E-state index in [4.69, 9.17) is 28.0 Å². The van der Waals surface area contributed by atoms with E-state index in [9.17, 15) is 18.0 Å². The first-order valence-electron chi connectivity index (χ1n) is 6.99. The Morgan fingerprint density at radius 1 is 1.35 bits per heavy atom. The summed E-state index contributed by atoms with van der Waals surface area (Å²) in [7, 11) is 0. The summed E-state index contributed by atoms with van der Waals surface area (Å²) >= 11 is 11.7. The molecule has 2 aromatic rings. The smallest absolute Gasteiger partial charge is 0.434 e. The number of carbonyl (C=O) groups excluding carboxylic acids is 1. The van der Waals surface area contributed by atoms with Crippen molar-refractivity contribution >= 4 is 35.4 Å². The predicted octanol–water partition coefficient (Wildman–Crippen LogP) is 4.39. The maximum Gasteiger partial charge on any atom is 0.434 e. The van der Waals surface area contributed by atoms with Crippen molar-refractivity contribution in [3.63, 3.8) is 0 Å². The molecule has 2 rings (SSSR count). The SMILES string of the molecule is CCOC(=O)c1cnc(O/N=C\c2ccc(Cl)cc2Cl)nc1C(F)(F)F. The Bertz CT molecular complexity index is 845. The van der Waals surface area contributed by atoms with E-state index in [1.54, 1.807) is 6.07 Å². The number of hydrogen-bond acceptors (Lipinski definition) is 6. The van der Waals surface area contributed by atoms with E-state index in [0.29, 0.717) is 16.8 Å². The van der Waals surface area contributed by atoms with Gasteiger partial charge in [-0.05, 0) is 19.1 Å². The quantitative estimate of drug-likeness (QED) is 0.417. The fraction of sp³-hybridized carbons (Fsp3) is 0.200. The van der Waals surface area contributed by atoms with Crippen molar-refractivity contribution in [1.29, 1.82) is 0 Å². The van der Waals surface area contributed by atoms with Crippen molar-refractivity contribution in [2.75, 3.05) is 6.61 Å². The Hall–Kier alpha value is -2.39. The minimum absolute atomic E-state index is 0.0967. The summed E-state index contributed by atoms with van der Waals surface area (Å²) in [4.78, 5) is 23.0. The van der Waals surface area contributed by atoms with Gasteiger partial charge in [-0.25, -0.2) is 9.78 Å². The molecule has 0 aliphatic rings. The molecule has 1 aromatic carbocycles. The van der Waals surface area contributed by atoms with E-state index >= 15 is 0 Å². The van der Waals surface area contributed by atoms with Gasteiger partial charge in [0.2, 0.25) is 0 Å². The van der Waals surface area contributed by atoms with E-state index in [1.807, 2.05) is 0 Å². The Labute approximate surface area is 155 Å². The molecule has 1 heterocycles. The van der Waals surface area contributed by atoms with Gasteiger partial charge in [-0.3, -0.25) is 0 Å². The van der Waals surface area contributed by atoms with E-state index in [0.717, 1.165) is 6.21 Å². The molecular weight excluding hydrogens is 398 g/mol. The number of alkyl halides is 3. The van der Waals surface area contributed by atoms with Crippen LogP contribution in [0.2, 0.25) is 10.0 Å². The molecule has 0 spiro atoms. The van der Waals surface area contributed by atoms with Gasteiger partial charge in [0.1, 0.15) is 5.56 Å². The van der Waals surface area contributed by atoms with Crippen LogP contribution >= 0.6 is 23.2 Å². The van der Waals surface area contributed by atoms with Crippen molar-refractivity contribution in [2.45, 2.75) is 13.1 Å². The highest BCUT2D eigenvalue weighted by Gasteiger charge is 2.39. The van der Waals surface area contributed by atoms with Gasteiger partial charge < -0.3 is 9.57 Å². The second kappa shape index (κ2) is 8.33. The van der Waals surface area contributed by atoms with E-state index < -0.39 is 29.4 Å². The molecule has 0 aliphatic carbocycles. The van der Waals surface area contributed by atoms with Crippen LogP contribution in [0.25, 0.3) is 0 Å². The molecule has 0 fully saturated rings. The van der Waals surface area contributed by atoms with E-state index in [2.05, 4.69) is 19.9 Å². The van der Waals surface area contributed by atoms with Crippen molar-refractivity contribution in [3.8, 4) is 6.01 Å². The highest BCUT2D eigenvalue weighted by atomic mass is 35.5. The van der Waals surface area contributed by atoms with Gasteiger partial charge in [0, 0.05) is 16.8 Å². The molecule has 0 unspecified atom stereocenters. The monoisotopic (exact) mass is 407 g/mol. The second-order valence-electron chi connectivity index (χ2n) is 4.62. The molecule has 0 N–H and O–H groups in total. The van der Waals surface area contributed by atoms with Gasteiger partial charge in [-0.15, -0.1) is 0 Å². The summed E-state index contributed by atoms with van der Waals surface area (Å²) in [6.45, 7) is 1.36. The highest BCUT2D eigenvalue weighted by Crippen LogP contribution is 2.31. The average molecular weight is 408 g/mol. The normalized spacial score (nSPS) is 11.6. The number of halogens is 5. The first-order chi connectivity index (χ1) is 12.2. The summed E-state index contributed by atoms with van der Waals surface area (Å²) in [6, 6.07) is 3.83. The number of hydrogen-bond donors (Lipinski definition) is 0. The van der Waals surface area contributed by atoms with Crippen LogP contribution in [0, 0.1) is 0 Å². The van der Waals surface area contributed by atoms with Gasteiger partial charge in [0.05, 0.1) is 17.8 Å². The van der Waals surface area contributed by atoms with Crippen molar-refractivity contribution in [2.24, 2.45) is 5.16 Å². The third-order valence-corrected chi connectivity index (χ3v) is 3.38. The molecule has 1 aromatic heterocycles. The molecule has 6 nitrogen and oxygen atoms in total. The summed E-state index contributed by atoms with van der Waals surface area (Å²) in [5.74, 6) is -1.19. The zero-order valence-corrected chi connectivity index (χ0v) is 14.6. The van der Waals surface area contributed by atoms with Crippen LogP contribution in [0.15, 0.2) is 29.6 Å². The molecular formula is C15H10Cl2F3N3O3. The Balaban J connectivity index is 2.25. The lowest BCUT2D eigenvalue weighted by Crippen LogP contribution is -2.18. The van der Waals surface area contributed by atoms with Crippen LogP contribution in [0.4, 0.5) is 13.2 Å². The molecule has 0 amide bonds. The Morgan fingerprint density at radius 2 is 2.08 bits per heavy atom. The Morgan fingerprint density at radius 3 is 2.69 bits per heavy atom. The number of ether oxygens (including phenoxy) is 1. The minimum atomic E-state index is -4.91. The standard InChI is InChI=1S/C15H10Cl2F3N3O3/c1-2-25-13(24)10-7-21-14(23-12(10)15(18,19)20)26-22-6-8-3-4-9(16)5-11(8)17/h3-7H,2H2,1H3/b22-6-. The molecule has 138 valence electrons. The summed E-state index contributed by atoms with van der Waals surface area (Å²) < 4.78 is 43.8. The lowest BCUT2D eigenvalue weighted by molar-refractivity contribution is -0.142. The van der Waals surface area contributed by atoms with Gasteiger partial charge in [0.15, 0.2) is 5.69 Å². The largest absolute Gasteiger partial charge is 0.462 e. The second-order valence-corrected chi connectivity index (χ2v) is 5.47. The third kappa shape index (κ3) is 5.06. The number of carbonyl (C=O) groups is 1. The maximum atomic E-state index is 13.1. The molecule has 11 heteroatoms.